The molecule has 0 amide bonds. The highest BCUT2D eigenvalue weighted by atomic mass is 16.4. The van der Waals surface area contributed by atoms with E-state index in [2.05, 4.69) is 20.4 Å². The van der Waals surface area contributed by atoms with Gasteiger partial charge in [0, 0.05) is 17.4 Å². The van der Waals surface area contributed by atoms with Crippen LogP contribution in [0.25, 0.3) is 5.78 Å². The average molecular weight is 283 g/mol. The molecular formula is C14H13N5O2. The highest BCUT2D eigenvalue weighted by molar-refractivity contribution is 5.90. The summed E-state index contributed by atoms with van der Waals surface area (Å²) in [5.41, 5.74) is 2.44. The molecule has 2 N–H and O–H groups in total. The number of benzene rings is 1. The number of nitrogens with one attached hydrogen (secondary N) is 1. The lowest BCUT2D eigenvalue weighted by molar-refractivity contribution is 0.0696. The minimum absolute atomic E-state index is 0.264. The number of nitrogens with zero attached hydrogens (tertiary/aromatic N) is 4. The van der Waals surface area contributed by atoms with Gasteiger partial charge in [-0.1, -0.05) is 6.07 Å². The van der Waals surface area contributed by atoms with E-state index < -0.39 is 5.97 Å². The summed E-state index contributed by atoms with van der Waals surface area (Å²) in [6.07, 6.45) is 1.42. The molecule has 3 rings (SSSR count). The zero-order valence-corrected chi connectivity index (χ0v) is 11.5. The van der Waals surface area contributed by atoms with E-state index in [4.69, 9.17) is 0 Å². The van der Waals surface area contributed by atoms with Gasteiger partial charge in [-0.05, 0) is 31.5 Å². The van der Waals surface area contributed by atoms with Gasteiger partial charge < -0.3 is 10.4 Å². The number of aromatic nitrogens is 4. The lowest BCUT2D eigenvalue weighted by atomic mass is 10.1. The highest BCUT2D eigenvalue weighted by Crippen LogP contribution is 2.20. The first-order valence-electron chi connectivity index (χ1n) is 6.33. The molecule has 0 saturated heterocycles. The van der Waals surface area contributed by atoms with Crippen LogP contribution in [-0.2, 0) is 0 Å². The number of carboxylic acids is 1. The molecule has 7 nitrogen and oxygen atoms in total. The monoisotopic (exact) mass is 283 g/mol. The number of hydrogen-bond acceptors (Lipinski definition) is 5. The first kappa shape index (κ1) is 13.0. The third-order valence-corrected chi connectivity index (χ3v) is 3.12. The van der Waals surface area contributed by atoms with Crippen molar-refractivity contribution in [1.82, 2.24) is 19.6 Å². The number of carboxylic acid groups (broad SMARTS) is 1. The van der Waals surface area contributed by atoms with Crippen LogP contribution in [-0.4, -0.2) is 30.7 Å². The van der Waals surface area contributed by atoms with Gasteiger partial charge in [-0.15, -0.1) is 0 Å². The van der Waals surface area contributed by atoms with Crippen molar-refractivity contribution in [1.29, 1.82) is 0 Å². The van der Waals surface area contributed by atoms with E-state index in [1.165, 1.54) is 6.33 Å². The second kappa shape index (κ2) is 4.86. The minimum Gasteiger partial charge on any atom is -0.478 e. The molecule has 0 saturated carbocycles. The van der Waals surface area contributed by atoms with Crippen molar-refractivity contribution < 1.29 is 9.90 Å². The van der Waals surface area contributed by atoms with Crippen LogP contribution in [0.5, 0.6) is 0 Å². The van der Waals surface area contributed by atoms with Crippen LogP contribution in [0.15, 0.2) is 30.6 Å². The Labute approximate surface area is 120 Å². The highest BCUT2D eigenvalue weighted by Gasteiger charge is 2.10. The van der Waals surface area contributed by atoms with Crippen molar-refractivity contribution in [2.45, 2.75) is 13.8 Å². The molecule has 2 aromatic heterocycles. The Morgan fingerprint density at radius 2 is 2.10 bits per heavy atom. The maximum absolute atomic E-state index is 11.2. The number of rotatable bonds is 3. The second-order valence-corrected chi connectivity index (χ2v) is 4.71. The Morgan fingerprint density at radius 3 is 2.86 bits per heavy atom. The normalized spacial score (nSPS) is 10.8. The van der Waals surface area contributed by atoms with E-state index in [0.29, 0.717) is 22.8 Å². The molecule has 2 heterocycles. The summed E-state index contributed by atoms with van der Waals surface area (Å²) >= 11 is 0. The zero-order valence-electron chi connectivity index (χ0n) is 11.5. The number of aromatic carboxylic acids is 1. The standard InChI is InChI=1S/C14H13N5O2/c1-8-3-4-10(6-11(8)13(20)21)18-12-5-9(2)17-14-15-7-16-19(12)14/h3-7,18H,1-2H3,(H,20,21). The number of carbonyl (C=O) groups is 1. The Kier molecular flexibility index (Phi) is 3.02. The lowest BCUT2D eigenvalue weighted by Gasteiger charge is -2.10. The number of hydrogen-bond donors (Lipinski definition) is 2. The Balaban J connectivity index is 2.04. The summed E-state index contributed by atoms with van der Waals surface area (Å²) in [6.45, 7) is 3.62. The molecular weight excluding hydrogens is 270 g/mol. The molecule has 0 bridgehead atoms. The Morgan fingerprint density at radius 1 is 1.29 bits per heavy atom. The Bertz CT molecular complexity index is 840. The smallest absolute Gasteiger partial charge is 0.336 e. The molecule has 7 heteroatoms. The predicted molar refractivity (Wildman–Crippen MR) is 76.9 cm³/mol. The summed E-state index contributed by atoms with van der Waals surface area (Å²) in [5.74, 6) is 0.214. The molecule has 0 radical (unpaired) electrons. The Hall–Kier alpha value is -2.96. The largest absolute Gasteiger partial charge is 0.478 e. The van der Waals surface area contributed by atoms with Crippen molar-refractivity contribution in [3.8, 4) is 0 Å². The van der Waals surface area contributed by atoms with Gasteiger partial charge in [-0.25, -0.2) is 9.78 Å². The van der Waals surface area contributed by atoms with Crippen LogP contribution in [0.3, 0.4) is 0 Å². The minimum atomic E-state index is -0.951. The topological polar surface area (TPSA) is 92.4 Å². The van der Waals surface area contributed by atoms with Crippen LogP contribution in [0, 0.1) is 13.8 Å². The van der Waals surface area contributed by atoms with Gasteiger partial charge in [-0.2, -0.15) is 14.6 Å². The van der Waals surface area contributed by atoms with Gasteiger partial charge in [0.1, 0.15) is 12.1 Å². The van der Waals surface area contributed by atoms with Crippen molar-refractivity contribution in [2.24, 2.45) is 0 Å². The van der Waals surface area contributed by atoms with E-state index in [-0.39, 0.29) is 5.56 Å². The van der Waals surface area contributed by atoms with Crippen LogP contribution in [0.4, 0.5) is 11.5 Å². The average Bonchev–Trinajstić information content (AvgIpc) is 2.88. The van der Waals surface area contributed by atoms with Gasteiger partial charge in [0.25, 0.3) is 5.78 Å². The molecule has 0 atom stereocenters. The van der Waals surface area contributed by atoms with Gasteiger partial charge in [0.05, 0.1) is 5.56 Å². The summed E-state index contributed by atoms with van der Waals surface area (Å²) in [5, 5.41) is 16.4. The number of anilines is 2. The van der Waals surface area contributed by atoms with E-state index in [0.717, 1.165) is 5.69 Å². The van der Waals surface area contributed by atoms with Crippen molar-refractivity contribution in [2.75, 3.05) is 5.32 Å². The number of fused-ring (bicyclic) bond motifs is 1. The molecule has 106 valence electrons. The van der Waals surface area contributed by atoms with E-state index in [9.17, 15) is 9.90 Å². The van der Waals surface area contributed by atoms with Crippen molar-refractivity contribution >= 4 is 23.3 Å². The van der Waals surface area contributed by atoms with Crippen LogP contribution >= 0.6 is 0 Å². The molecule has 0 fully saturated rings. The number of aryl methyl sites for hydroxylation is 2. The van der Waals surface area contributed by atoms with Crippen LogP contribution in [0.2, 0.25) is 0 Å². The fourth-order valence-electron chi connectivity index (χ4n) is 2.10. The molecule has 0 aliphatic carbocycles. The zero-order chi connectivity index (χ0) is 15.0. The van der Waals surface area contributed by atoms with E-state index >= 15 is 0 Å². The fraction of sp³-hybridized carbons (Fsp3) is 0.143. The third-order valence-electron chi connectivity index (χ3n) is 3.12. The quantitative estimate of drug-likeness (QED) is 0.765. The lowest BCUT2D eigenvalue weighted by Crippen LogP contribution is -2.05. The predicted octanol–water partition coefficient (Wildman–Crippen LogP) is 2.18. The fourth-order valence-corrected chi connectivity index (χ4v) is 2.10. The molecule has 0 spiro atoms. The summed E-state index contributed by atoms with van der Waals surface area (Å²) < 4.78 is 1.56. The maximum Gasteiger partial charge on any atom is 0.336 e. The van der Waals surface area contributed by atoms with E-state index in [1.807, 2.05) is 19.1 Å². The summed E-state index contributed by atoms with van der Waals surface area (Å²) in [4.78, 5) is 19.5. The second-order valence-electron chi connectivity index (χ2n) is 4.71. The first-order valence-corrected chi connectivity index (χ1v) is 6.33. The van der Waals surface area contributed by atoms with Gasteiger partial charge in [0.15, 0.2) is 0 Å². The van der Waals surface area contributed by atoms with Gasteiger partial charge >= 0.3 is 5.97 Å². The molecule has 0 aliphatic rings. The molecule has 21 heavy (non-hydrogen) atoms. The van der Waals surface area contributed by atoms with Crippen molar-refractivity contribution in [3.05, 3.63) is 47.4 Å². The van der Waals surface area contributed by atoms with Gasteiger partial charge in [-0.3, -0.25) is 0 Å². The summed E-state index contributed by atoms with van der Waals surface area (Å²) in [7, 11) is 0. The SMILES string of the molecule is Cc1cc(Nc2ccc(C)c(C(=O)O)c2)n2ncnc2n1. The molecule has 0 unspecified atom stereocenters. The van der Waals surface area contributed by atoms with Crippen molar-refractivity contribution in [3.63, 3.8) is 0 Å². The third kappa shape index (κ3) is 2.40. The summed E-state index contributed by atoms with van der Waals surface area (Å²) in [6, 6.07) is 7.00. The molecule has 0 aliphatic heterocycles. The van der Waals surface area contributed by atoms with E-state index in [1.54, 1.807) is 23.6 Å². The van der Waals surface area contributed by atoms with Crippen LogP contribution < -0.4 is 5.32 Å². The molecule has 1 aromatic carbocycles. The first-order chi connectivity index (χ1) is 10.0. The maximum atomic E-state index is 11.2. The molecule has 3 aromatic rings. The van der Waals surface area contributed by atoms with Crippen LogP contribution in [0.1, 0.15) is 21.6 Å². The van der Waals surface area contributed by atoms with Gasteiger partial charge in [0.2, 0.25) is 0 Å².